The molecule has 0 radical (unpaired) electrons. The Kier molecular flexibility index (Phi) is 7.48. The maximum atomic E-state index is 6.47. The number of hydrogen-bond acceptors (Lipinski definition) is 8. The number of rotatable bonds is 7. The van der Waals surface area contributed by atoms with Gasteiger partial charge in [-0.05, 0) is 103 Å². The fraction of sp³-hybridized carbons (Fsp3) is 0.455. The van der Waals surface area contributed by atoms with E-state index >= 15 is 0 Å². The van der Waals surface area contributed by atoms with E-state index in [1.807, 2.05) is 122 Å². The molecule has 0 N–H and O–H groups in total. The molecular formula is C33H40B2O8. The van der Waals surface area contributed by atoms with Crippen LogP contribution in [-0.4, -0.2) is 49.9 Å². The topological polar surface area (TPSA) is 73.8 Å². The quantitative estimate of drug-likeness (QED) is 0.276. The van der Waals surface area contributed by atoms with Gasteiger partial charge in [0, 0.05) is 0 Å². The molecule has 0 aromatic heterocycles. The Bertz CT molecular complexity index is 1340. The predicted molar refractivity (Wildman–Crippen MR) is 166 cm³/mol. The van der Waals surface area contributed by atoms with Crippen LogP contribution in [0.1, 0.15) is 67.2 Å². The van der Waals surface area contributed by atoms with Crippen molar-refractivity contribution in [2.24, 2.45) is 0 Å². The van der Waals surface area contributed by atoms with Gasteiger partial charge in [0.05, 0.1) is 28.0 Å². The zero-order valence-electron chi connectivity index (χ0n) is 26.3. The lowest BCUT2D eigenvalue weighted by atomic mass is 9.79. The van der Waals surface area contributed by atoms with Crippen molar-refractivity contribution in [3.05, 3.63) is 72.3 Å². The van der Waals surface area contributed by atoms with Crippen LogP contribution in [0, 0.1) is 0 Å². The highest BCUT2D eigenvalue weighted by molar-refractivity contribution is 6.62. The lowest BCUT2D eigenvalue weighted by Crippen LogP contribution is -2.41. The summed E-state index contributed by atoms with van der Waals surface area (Å²) in [6.07, 6.45) is -0.818. The maximum Gasteiger partial charge on any atom is 0.494 e. The van der Waals surface area contributed by atoms with Crippen molar-refractivity contribution in [3.8, 4) is 23.0 Å². The summed E-state index contributed by atoms with van der Waals surface area (Å²) in [4.78, 5) is 0. The van der Waals surface area contributed by atoms with Gasteiger partial charge >= 0.3 is 14.2 Å². The van der Waals surface area contributed by atoms with Crippen LogP contribution in [0.4, 0.5) is 0 Å². The SMILES string of the molecule is CC1(C)OB(c2ccc(OC(Oc3ccc(B4OC(C)(C)C(C)(C)O4)cc3)c3cccc4c3OCCO4)cc2)OC1(C)C. The van der Waals surface area contributed by atoms with Crippen LogP contribution in [0.2, 0.25) is 0 Å². The van der Waals surface area contributed by atoms with Crippen LogP contribution < -0.4 is 29.9 Å². The molecule has 0 saturated carbocycles. The monoisotopic (exact) mass is 586 g/mol. The molecule has 3 aliphatic rings. The molecule has 3 aromatic rings. The fourth-order valence-electron chi connectivity index (χ4n) is 5.05. The first-order valence-corrected chi connectivity index (χ1v) is 14.9. The zero-order chi connectivity index (χ0) is 30.6. The smallest absolute Gasteiger partial charge is 0.486 e. The van der Waals surface area contributed by atoms with Crippen LogP contribution in [-0.2, 0) is 18.6 Å². The normalized spacial score (nSPS) is 21.2. The average molecular weight is 586 g/mol. The van der Waals surface area contributed by atoms with Crippen molar-refractivity contribution in [2.45, 2.75) is 84.1 Å². The number of para-hydroxylation sites is 1. The van der Waals surface area contributed by atoms with Crippen molar-refractivity contribution in [3.63, 3.8) is 0 Å². The molecule has 6 rings (SSSR count). The third-order valence-electron chi connectivity index (χ3n) is 9.15. The minimum Gasteiger partial charge on any atom is -0.486 e. The number of benzene rings is 3. The highest BCUT2D eigenvalue weighted by Crippen LogP contribution is 2.40. The highest BCUT2D eigenvalue weighted by atomic mass is 16.7. The second kappa shape index (κ2) is 10.8. The zero-order valence-corrected chi connectivity index (χ0v) is 26.3. The van der Waals surface area contributed by atoms with Gasteiger partial charge in [-0.15, -0.1) is 0 Å². The molecule has 0 spiro atoms. The third kappa shape index (κ3) is 5.74. The van der Waals surface area contributed by atoms with Crippen molar-refractivity contribution < 1.29 is 37.6 Å². The molecule has 0 atom stereocenters. The van der Waals surface area contributed by atoms with E-state index in [0.29, 0.717) is 36.2 Å². The molecule has 0 aliphatic carbocycles. The summed E-state index contributed by atoms with van der Waals surface area (Å²) in [6.45, 7) is 17.3. The molecule has 8 nitrogen and oxygen atoms in total. The van der Waals surface area contributed by atoms with Gasteiger partial charge in [-0.3, -0.25) is 0 Å². The summed E-state index contributed by atoms with van der Waals surface area (Å²) in [7, 11) is -0.916. The van der Waals surface area contributed by atoms with E-state index in [1.165, 1.54) is 0 Å². The molecule has 43 heavy (non-hydrogen) atoms. The van der Waals surface area contributed by atoms with Crippen LogP contribution >= 0.6 is 0 Å². The van der Waals surface area contributed by atoms with Crippen molar-refractivity contribution in [1.82, 2.24) is 0 Å². The van der Waals surface area contributed by atoms with Gasteiger partial charge in [-0.1, -0.05) is 30.3 Å². The van der Waals surface area contributed by atoms with E-state index in [9.17, 15) is 0 Å². The Hall–Kier alpha value is -3.17. The van der Waals surface area contributed by atoms with Gasteiger partial charge in [0.15, 0.2) is 11.5 Å². The van der Waals surface area contributed by atoms with Crippen molar-refractivity contribution in [2.75, 3.05) is 13.2 Å². The van der Waals surface area contributed by atoms with Gasteiger partial charge in [-0.25, -0.2) is 0 Å². The van der Waals surface area contributed by atoms with E-state index in [-0.39, 0.29) is 0 Å². The first kappa shape index (κ1) is 29.9. The number of fused-ring (bicyclic) bond motifs is 1. The lowest BCUT2D eigenvalue weighted by molar-refractivity contribution is 0.000250. The summed E-state index contributed by atoms with van der Waals surface area (Å²) in [6, 6.07) is 21.1. The molecule has 10 heteroatoms. The Morgan fingerprint density at radius 1 is 0.558 bits per heavy atom. The lowest BCUT2D eigenvalue weighted by Gasteiger charge is -2.32. The Balaban J connectivity index is 1.24. The Morgan fingerprint density at radius 3 is 1.42 bits per heavy atom. The third-order valence-corrected chi connectivity index (χ3v) is 9.15. The summed E-state index contributed by atoms with van der Waals surface area (Å²) in [5, 5.41) is 0. The van der Waals surface area contributed by atoms with Gasteiger partial charge in [0.2, 0.25) is 0 Å². The van der Waals surface area contributed by atoms with Crippen LogP contribution in [0.5, 0.6) is 23.0 Å². The molecule has 0 amide bonds. The standard InChI is InChI=1S/C33H40B2O8/c1-30(2)31(3,4)41-34(40-30)22-12-16-24(17-13-22)38-29(26-10-9-11-27-28(26)37-21-20-36-27)39-25-18-14-23(15-19-25)35-42-32(5,6)33(7,8)43-35/h9-19,29H,20-21H2,1-8H3. The summed E-state index contributed by atoms with van der Waals surface area (Å²) in [5.74, 6) is 2.51. The van der Waals surface area contributed by atoms with Gasteiger partial charge in [-0.2, -0.15) is 0 Å². The van der Waals surface area contributed by atoms with Crippen LogP contribution in [0.25, 0.3) is 0 Å². The van der Waals surface area contributed by atoms with Crippen LogP contribution in [0.15, 0.2) is 66.7 Å². The average Bonchev–Trinajstić information content (AvgIpc) is 3.32. The van der Waals surface area contributed by atoms with E-state index in [0.717, 1.165) is 16.5 Å². The van der Waals surface area contributed by atoms with E-state index < -0.39 is 42.9 Å². The van der Waals surface area contributed by atoms with Crippen molar-refractivity contribution in [1.29, 1.82) is 0 Å². The first-order valence-electron chi connectivity index (χ1n) is 14.9. The second-order valence-electron chi connectivity index (χ2n) is 13.3. The van der Waals surface area contributed by atoms with Gasteiger partial charge in [0.1, 0.15) is 24.7 Å². The van der Waals surface area contributed by atoms with Gasteiger partial charge in [0.25, 0.3) is 6.29 Å². The summed E-state index contributed by atoms with van der Waals surface area (Å²) >= 11 is 0. The predicted octanol–water partition coefficient (Wildman–Crippen LogP) is 5.21. The van der Waals surface area contributed by atoms with Crippen LogP contribution in [0.3, 0.4) is 0 Å². The summed E-state index contributed by atoms with van der Waals surface area (Å²) in [5.41, 5.74) is 0.876. The molecule has 3 heterocycles. The van der Waals surface area contributed by atoms with E-state index in [1.54, 1.807) is 0 Å². The molecule has 3 aliphatic heterocycles. The minimum atomic E-state index is -0.818. The molecular weight excluding hydrogens is 546 g/mol. The fourth-order valence-corrected chi connectivity index (χ4v) is 5.05. The van der Waals surface area contributed by atoms with E-state index in [2.05, 4.69) is 0 Å². The first-order chi connectivity index (χ1) is 20.2. The largest absolute Gasteiger partial charge is 0.494 e. The minimum absolute atomic E-state index is 0.418. The number of hydrogen-bond donors (Lipinski definition) is 0. The molecule has 0 unspecified atom stereocenters. The van der Waals surface area contributed by atoms with Gasteiger partial charge < -0.3 is 37.6 Å². The molecule has 2 fully saturated rings. The van der Waals surface area contributed by atoms with E-state index in [4.69, 9.17) is 37.6 Å². The number of ether oxygens (including phenoxy) is 4. The molecule has 226 valence electrons. The summed E-state index contributed by atoms with van der Waals surface area (Å²) < 4.78 is 49.6. The molecule has 2 saturated heterocycles. The van der Waals surface area contributed by atoms with Crippen molar-refractivity contribution >= 4 is 25.2 Å². The highest BCUT2D eigenvalue weighted by Gasteiger charge is 2.52. The second-order valence-corrected chi connectivity index (χ2v) is 13.3. The Labute approximate surface area is 255 Å². The Morgan fingerprint density at radius 2 is 0.977 bits per heavy atom. The maximum absolute atomic E-state index is 6.47. The molecule has 3 aromatic carbocycles. The molecule has 0 bridgehead atoms.